The van der Waals surface area contributed by atoms with Gasteiger partial charge in [-0.1, -0.05) is 0 Å². The molecular formula is C7H10N2O4. The van der Waals surface area contributed by atoms with Crippen molar-refractivity contribution in [2.75, 3.05) is 6.61 Å². The van der Waals surface area contributed by atoms with Crippen LogP contribution in [0.1, 0.15) is 10.6 Å². The molecule has 0 aliphatic carbocycles. The van der Waals surface area contributed by atoms with Crippen molar-refractivity contribution >= 4 is 5.78 Å². The first kappa shape index (κ1) is 9.85. The van der Waals surface area contributed by atoms with Crippen molar-refractivity contribution in [3.63, 3.8) is 0 Å². The molecule has 13 heavy (non-hydrogen) atoms. The van der Waals surface area contributed by atoms with Crippen LogP contribution in [0.4, 0.5) is 0 Å². The van der Waals surface area contributed by atoms with Crippen LogP contribution in [0.5, 0.6) is 0 Å². The molecule has 2 atom stereocenters. The summed E-state index contributed by atoms with van der Waals surface area (Å²) < 4.78 is 0. The topological polar surface area (TPSA) is 106 Å². The van der Waals surface area contributed by atoms with Crippen molar-refractivity contribution in [1.82, 2.24) is 9.97 Å². The standard InChI is InChI=1S/C7H10N2O4/c10-3-4(11)5(12)6(13)7-8-1-2-9-7/h1-2,4-5,10-12H,3H2,(H,8,9)/t4-,5?/m0/s1. The Morgan fingerprint density at radius 1 is 1.62 bits per heavy atom. The number of hydrogen-bond acceptors (Lipinski definition) is 5. The average molecular weight is 186 g/mol. The Labute approximate surface area is 73.9 Å². The fourth-order valence-corrected chi connectivity index (χ4v) is 0.815. The summed E-state index contributed by atoms with van der Waals surface area (Å²) in [7, 11) is 0. The van der Waals surface area contributed by atoms with Gasteiger partial charge in [-0.3, -0.25) is 4.79 Å². The van der Waals surface area contributed by atoms with Crippen LogP contribution in [0.15, 0.2) is 12.4 Å². The molecule has 0 aromatic carbocycles. The van der Waals surface area contributed by atoms with Crippen LogP contribution in [0.25, 0.3) is 0 Å². The lowest BCUT2D eigenvalue weighted by Gasteiger charge is -2.12. The van der Waals surface area contributed by atoms with Gasteiger partial charge in [-0.05, 0) is 0 Å². The third-order valence-electron chi connectivity index (χ3n) is 1.55. The molecule has 6 heteroatoms. The van der Waals surface area contributed by atoms with Crippen LogP contribution in [-0.4, -0.2) is 49.9 Å². The summed E-state index contributed by atoms with van der Waals surface area (Å²) in [5.74, 6) is -0.786. The quantitative estimate of drug-likeness (QED) is 0.420. The van der Waals surface area contributed by atoms with Crippen molar-refractivity contribution in [3.05, 3.63) is 18.2 Å². The first-order chi connectivity index (χ1) is 6.16. The summed E-state index contributed by atoms with van der Waals surface area (Å²) in [4.78, 5) is 17.3. The fraction of sp³-hybridized carbons (Fsp3) is 0.429. The maximum absolute atomic E-state index is 11.2. The largest absolute Gasteiger partial charge is 0.394 e. The highest BCUT2D eigenvalue weighted by molar-refractivity contribution is 5.96. The first-order valence-corrected chi connectivity index (χ1v) is 3.67. The smallest absolute Gasteiger partial charge is 0.229 e. The summed E-state index contributed by atoms with van der Waals surface area (Å²) in [6.45, 7) is -0.673. The number of aromatic amines is 1. The molecule has 0 bridgehead atoms. The molecule has 1 unspecified atom stereocenters. The highest BCUT2D eigenvalue weighted by Gasteiger charge is 2.26. The van der Waals surface area contributed by atoms with Gasteiger partial charge in [0.25, 0.3) is 0 Å². The van der Waals surface area contributed by atoms with Gasteiger partial charge in [-0.15, -0.1) is 0 Å². The van der Waals surface area contributed by atoms with Gasteiger partial charge in [0.05, 0.1) is 6.61 Å². The van der Waals surface area contributed by atoms with E-state index in [1.165, 1.54) is 12.4 Å². The lowest BCUT2D eigenvalue weighted by molar-refractivity contribution is -0.00539. The Bertz CT molecular complexity index is 272. The van der Waals surface area contributed by atoms with Crippen LogP contribution in [0.2, 0.25) is 0 Å². The van der Waals surface area contributed by atoms with Gasteiger partial charge in [-0.2, -0.15) is 0 Å². The number of Topliss-reactive ketones (excluding diaryl/α,β-unsaturated/α-hetero) is 1. The average Bonchev–Trinajstić information content (AvgIpc) is 2.67. The van der Waals surface area contributed by atoms with Gasteiger partial charge in [0.1, 0.15) is 12.2 Å². The minimum absolute atomic E-state index is 0.0417. The van der Waals surface area contributed by atoms with Gasteiger partial charge in [0, 0.05) is 12.4 Å². The molecule has 0 saturated carbocycles. The first-order valence-electron chi connectivity index (χ1n) is 3.67. The number of carbonyl (C=O) groups is 1. The van der Waals surface area contributed by atoms with Gasteiger partial charge in [0.15, 0.2) is 5.82 Å². The molecule has 0 aliphatic heterocycles. The SMILES string of the molecule is O=C(c1ncc[nH]1)C(O)[C@@H](O)CO. The van der Waals surface area contributed by atoms with E-state index < -0.39 is 24.6 Å². The minimum atomic E-state index is -1.64. The number of H-pyrrole nitrogens is 1. The number of rotatable bonds is 4. The predicted octanol–water partition coefficient (Wildman–Crippen LogP) is -1.69. The second-order valence-electron chi connectivity index (χ2n) is 2.50. The van der Waals surface area contributed by atoms with E-state index in [0.717, 1.165) is 0 Å². The van der Waals surface area contributed by atoms with Crippen molar-refractivity contribution in [2.45, 2.75) is 12.2 Å². The Balaban J connectivity index is 2.68. The van der Waals surface area contributed by atoms with E-state index >= 15 is 0 Å². The van der Waals surface area contributed by atoms with E-state index in [2.05, 4.69) is 9.97 Å². The molecule has 0 amide bonds. The molecule has 72 valence electrons. The lowest BCUT2D eigenvalue weighted by atomic mass is 10.1. The number of aliphatic hydroxyl groups excluding tert-OH is 3. The molecule has 0 fully saturated rings. The third kappa shape index (κ3) is 2.11. The second kappa shape index (κ2) is 4.13. The zero-order valence-corrected chi connectivity index (χ0v) is 6.71. The lowest BCUT2D eigenvalue weighted by Crippen LogP contribution is -2.36. The minimum Gasteiger partial charge on any atom is -0.394 e. The molecule has 1 rings (SSSR count). The molecule has 0 aliphatic rings. The molecule has 6 nitrogen and oxygen atoms in total. The Hall–Kier alpha value is -1.24. The maximum atomic E-state index is 11.2. The number of nitrogens with zero attached hydrogens (tertiary/aromatic N) is 1. The van der Waals surface area contributed by atoms with Crippen LogP contribution in [-0.2, 0) is 0 Å². The number of aliphatic hydroxyl groups is 3. The molecule has 1 aromatic rings. The molecule has 1 heterocycles. The maximum Gasteiger partial charge on any atom is 0.229 e. The van der Waals surface area contributed by atoms with Crippen molar-refractivity contribution in [1.29, 1.82) is 0 Å². The van der Waals surface area contributed by atoms with Gasteiger partial charge >= 0.3 is 0 Å². The Morgan fingerprint density at radius 2 is 2.31 bits per heavy atom. The molecule has 1 aromatic heterocycles. The molecule has 4 N–H and O–H groups in total. The van der Waals surface area contributed by atoms with E-state index in [1.807, 2.05) is 0 Å². The highest BCUT2D eigenvalue weighted by Crippen LogP contribution is 2.01. The van der Waals surface area contributed by atoms with Crippen LogP contribution < -0.4 is 0 Å². The number of ketones is 1. The second-order valence-corrected chi connectivity index (χ2v) is 2.50. The van der Waals surface area contributed by atoms with E-state index in [0.29, 0.717) is 0 Å². The van der Waals surface area contributed by atoms with Crippen LogP contribution >= 0.6 is 0 Å². The summed E-state index contributed by atoms with van der Waals surface area (Å²) in [6.07, 6.45) is -0.343. The Kier molecular flexibility index (Phi) is 3.13. The van der Waals surface area contributed by atoms with Crippen molar-refractivity contribution in [2.24, 2.45) is 0 Å². The predicted molar refractivity (Wildman–Crippen MR) is 42.0 cm³/mol. The zero-order valence-electron chi connectivity index (χ0n) is 6.71. The van der Waals surface area contributed by atoms with E-state index in [9.17, 15) is 4.79 Å². The fourth-order valence-electron chi connectivity index (χ4n) is 0.815. The highest BCUT2D eigenvalue weighted by atomic mass is 16.4. The van der Waals surface area contributed by atoms with Gasteiger partial charge in [-0.25, -0.2) is 4.98 Å². The van der Waals surface area contributed by atoms with Crippen LogP contribution in [0, 0.1) is 0 Å². The number of imidazole rings is 1. The normalized spacial score (nSPS) is 15.3. The molecule has 0 saturated heterocycles. The Morgan fingerprint density at radius 3 is 2.77 bits per heavy atom. The molecule has 0 spiro atoms. The van der Waals surface area contributed by atoms with Gasteiger partial charge in [0.2, 0.25) is 5.78 Å². The third-order valence-corrected chi connectivity index (χ3v) is 1.55. The number of aromatic nitrogens is 2. The molecular weight excluding hydrogens is 176 g/mol. The van der Waals surface area contributed by atoms with E-state index in [-0.39, 0.29) is 5.82 Å². The summed E-state index contributed by atoms with van der Waals surface area (Å²) in [5.41, 5.74) is 0. The number of nitrogens with one attached hydrogen (secondary N) is 1. The molecule has 0 radical (unpaired) electrons. The zero-order chi connectivity index (χ0) is 9.84. The van der Waals surface area contributed by atoms with E-state index in [4.69, 9.17) is 15.3 Å². The van der Waals surface area contributed by atoms with Crippen LogP contribution in [0.3, 0.4) is 0 Å². The summed E-state index contributed by atoms with van der Waals surface area (Å²) in [5, 5.41) is 26.5. The van der Waals surface area contributed by atoms with Crippen molar-refractivity contribution < 1.29 is 20.1 Å². The summed E-state index contributed by atoms with van der Waals surface area (Å²) in [6, 6.07) is 0. The van der Waals surface area contributed by atoms with E-state index in [1.54, 1.807) is 0 Å². The monoisotopic (exact) mass is 186 g/mol. The number of carbonyl (C=O) groups excluding carboxylic acids is 1. The van der Waals surface area contributed by atoms with Crippen molar-refractivity contribution in [3.8, 4) is 0 Å². The summed E-state index contributed by atoms with van der Waals surface area (Å²) >= 11 is 0. The van der Waals surface area contributed by atoms with Gasteiger partial charge < -0.3 is 20.3 Å². The number of hydrogen-bond donors (Lipinski definition) is 4.